The van der Waals surface area contributed by atoms with Gasteiger partial charge in [-0.15, -0.1) is 5.47 Å². The largest absolute Gasteiger partial charge is 0.505 e. The first-order chi connectivity index (χ1) is 7.57. The van der Waals surface area contributed by atoms with Crippen molar-refractivity contribution in [2.75, 3.05) is 18.0 Å². The zero-order valence-electron chi connectivity index (χ0n) is 8.48. The lowest BCUT2D eigenvalue weighted by molar-refractivity contribution is 0.483. The number of halogens is 3. The smallest absolute Gasteiger partial charge is 0.445 e. The Balaban J connectivity index is 2.08. The highest BCUT2D eigenvalue weighted by Gasteiger charge is 2.29. The van der Waals surface area contributed by atoms with Gasteiger partial charge in [0.05, 0.1) is 18.1 Å². The molecule has 0 saturated heterocycles. The summed E-state index contributed by atoms with van der Waals surface area (Å²) >= 11 is 0. The predicted molar refractivity (Wildman–Crippen MR) is 56.0 cm³/mol. The van der Waals surface area contributed by atoms with Crippen LogP contribution in [0.1, 0.15) is 6.42 Å². The number of anilines is 1. The van der Waals surface area contributed by atoms with E-state index in [1.54, 1.807) is 12.4 Å². The van der Waals surface area contributed by atoms with Gasteiger partial charge >= 0.3 is 6.98 Å². The van der Waals surface area contributed by atoms with Crippen LogP contribution in [0.4, 0.5) is 18.6 Å². The van der Waals surface area contributed by atoms with Gasteiger partial charge in [0.25, 0.3) is 0 Å². The molecule has 1 aliphatic heterocycles. The van der Waals surface area contributed by atoms with Crippen molar-refractivity contribution >= 4 is 12.7 Å². The van der Waals surface area contributed by atoms with Gasteiger partial charge in [-0.2, -0.15) is 0 Å². The van der Waals surface area contributed by atoms with E-state index >= 15 is 0 Å². The molecule has 3 nitrogen and oxygen atoms in total. The molecule has 1 aromatic rings. The lowest BCUT2D eigenvalue weighted by Crippen LogP contribution is -2.33. The molecule has 0 bridgehead atoms. The molecule has 2 rings (SSSR count). The Labute approximate surface area is 91.1 Å². The number of hydrogen-bond donors (Lipinski definition) is 0. The van der Waals surface area contributed by atoms with Gasteiger partial charge in [-0.3, -0.25) is 0 Å². The van der Waals surface area contributed by atoms with Gasteiger partial charge in [-0.05, 0) is 6.42 Å². The summed E-state index contributed by atoms with van der Waals surface area (Å²) in [7, 11) is 0. The van der Waals surface area contributed by atoms with Crippen LogP contribution in [-0.2, 0) is 0 Å². The maximum Gasteiger partial charge on any atom is 0.505 e. The van der Waals surface area contributed by atoms with Gasteiger partial charge in [0.15, 0.2) is 0 Å². The second kappa shape index (κ2) is 4.15. The van der Waals surface area contributed by atoms with Crippen molar-refractivity contribution in [2.45, 2.75) is 6.42 Å². The molecule has 0 N–H and O–H groups in total. The van der Waals surface area contributed by atoms with Crippen LogP contribution in [-0.4, -0.2) is 30.0 Å². The van der Waals surface area contributed by atoms with Crippen LogP contribution in [0.25, 0.3) is 0 Å². The van der Waals surface area contributed by atoms with Crippen molar-refractivity contribution in [1.82, 2.24) is 9.97 Å². The predicted octanol–water partition coefficient (Wildman–Crippen LogP) is 2.00. The van der Waals surface area contributed by atoms with E-state index in [0.717, 1.165) is 5.69 Å². The number of aromatic nitrogens is 2. The first kappa shape index (κ1) is 11.0. The summed E-state index contributed by atoms with van der Waals surface area (Å²) in [6.45, 7) is -4.19. The molecule has 2 heterocycles. The lowest BCUT2D eigenvalue weighted by atomic mass is 9.75. The fraction of sp³-hybridized carbons (Fsp3) is 0.333. The third kappa shape index (κ3) is 2.34. The lowest BCUT2D eigenvalue weighted by Gasteiger charge is -2.31. The zero-order chi connectivity index (χ0) is 11.6. The van der Waals surface area contributed by atoms with Crippen molar-refractivity contribution in [3.8, 4) is 0 Å². The van der Waals surface area contributed by atoms with Crippen LogP contribution < -0.4 is 4.90 Å². The molecule has 0 saturated carbocycles. The highest BCUT2D eigenvalue weighted by atomic mass is 19.4. The summed E-state index contributed by atoms with van der Waals surface area (Å²) in [4.78, 5) is 9.50. The van der Waals surface area contributed by atoms with Gasteiger partial charge < -0.3 is 17.8 Å². The molecular weight excluding hydrogens is 218 g/mol. The highest BCUT2D eigenvalue weighted by Crippen LogP contribution is 2.27. The quantitative estimate of drug-likeness (QED) is 0.725. The van der Waals surface area contributed by atoms with E-state index in [9.17, 15) is 12.9 Å². The Hall–Kier alpha value is -1.53. The maximum absolute atomic E-state index is 12.4. The Morgan fingerprint density at radius 2 is 1.88 bits per heavy atom. The normalized spacial score (nSPS) is 17.2. The Kier molecular flexibility index (Phi) is 2.85. The van der Waals surface area contributed by atoms with Gasteiger partial charge in [0.1, 0.15) is 6.33 Å². The molecule has 0 unspecified atom stereocenters. The van der Waals surface area contributed by atoms with E-state index < -0.39 is 6.98 Å². The molecule has 0 aromatic carbocycles. The van der Waals surface area contributed by atoms with E-state index in [1.165, 1.54) is 12.4 Å². The molecule has 0 amide bonds. The van der Waals surface area contributed by atoms with E-state index in [4.69, 9.17) is 0 Å². The Morgan fingerprint density at radius 3 is 2.38 bits per heavy atom. The van der Waals surface area contributed by atoms with Crippen molar-refractivity contribution in [2.24, 2.45) is 0 Å². The molecular formula is C9H10BF3N3-. The highest BCUT2D eigenvalue weighted by molar-refractivity contribution is 6.66. The summed E-state index contributed by atoms with van der Waals surface area (Å²) in [5.74, 6) is 0. The zero-order valence-corrected chi connectivity index (χ0v) is 8.48. The van der Waals surface area contributed by atoms with Crippen LogP contribution >= 0.6 is 0 Å². The number of rotatable bonds is 2. The van der Waals surface area contributed by atoms with Crippen LogP contribution in [0, 0.1) is 0 Å². The molecule has 1 aromatic heterocycles. The first-order valence-corrected chi connectivity index (χ1v) is 4.96. The molecule has 0 atom stereocenters. The SMILES string of the molecule is F[B-](F)(F)C1=CCN(c2cncnc2)CC1. The molecule has 0 aliphatic carbocycles. The van der Waals surface area contributed by atoms with Gasteiger partial charge in [0, 0.05) is 13.1 Å². The minimum absolute atomic E-state index is 0.0401. The molecule has 7 heteroatoms. The van der Waals surface area contributed by atoms with Gasteiger partial charge in [-0.25, -0.2) is 9.97 Å². The first-order valence-electron chi connectivity index (χ1n) is 4.96. The van der Waals surface area contributed by atoms with Crippen LogP contribution in [0.15, 0.2) is 30.3 Å². The molecule has 16 heavy (non-hydrogen) atoms. The van der Waals surface area contributed by atoms with Crippen molar-refractivity contribution in [1.29, 1.82) is 0 Å². The molecule has 0 radical (unpaired) electrons. The minimum Gasteiger partial charge on any atom is -0.445 e. The standard InChI is InChI=1S/C9H10BF3N3/c11-10(12,13)8-1-3-16(4-2-8)9-5-14-7-15-6-9/h1,5-7H,2-4H2/q-1. The van der Waals surface area contributed by atoms with Gasteiger partial charge in [-0.1, -0.05) is 6.08 Å². The van der Waals surface area contributed by atoms with E-state index in [-0.39, 0.29) is 18.4 Å². The summed E-state index contributed by atoms with van der Waals surface area (Å²) in [5.41, 5.74) is 0.376. The second-order valence-electron chi connectivity index (χ2n) is 3.65. The summed E-state index contributed by atoms with van der Waals surface area (Å²) < 4.78 is 37.3. The van der Waals surface area contributed by atoms with Crippen molar-refractivity contribution in [3.63, 3.8) is 0 Å². The summed E-state index contributed by atoms with van der Waals surface area (Å²) in [6, 6.07) is 0. The van der Waals surface area contributed by atoms with Crippen LogP contribution in [0.2, 0.25) is 0 Å². The summed E-state index contributed by atoms with van der Waals surface area (Å²) in [6.07, 6.45) is 5.89. The average Bonchev–Trinajstić information content (AvgIpc) is 2.29. The monoisotopic (exact) mass is 228 g/mol. The third-order valence-electron chi connectivity index (χ3n) is 2.58. The topological polar surface area (TPSA) is 29.0 Å². The maximum atomic E-state index is 12.4. The van der Waals surface area contributed by atoms with Crippen molar-refractivity contribution in [3.05, 3.63) is 30.3 Å². The third-order valence-corrected chi connectivity index (χ3v) is 2.58. The second-order valence-corrected chi connectivity index (χ2v) is 3.65. The summed E-state index contributed by atoms with van der Waals surface area (Å²) in [5, 5.41) is 0. The van der Waals surface area contributed by atoms with E-state index in [0.29, 0.717) is 6.54 Å². The minimum atomic E-state index is -4.82. The Bertz CT molecular complexity index is 391. The van der Waals surface area contributed by atoms with Crippen molar-refractivity contribution < 1.29 is 12.9 Å². The fourth-order valence-corrected chi connectivity index (χ4v) is 1.67. The molecule has 0 fully saturated rings. The Morgan fingerprint density at radius 1 is 1.19 bits per heavy atom. The molecule has 1 aliphatic rings. The van der Waals surface area contributed by atoms with Crippen LogP contribution in [0.3, 0.4) is 0 Å². The van der Waals surface area contributed by atoms with E-state index in [1.807, 2.05) is 4.90 Å². The van der Waals surface area contributed by atoms with Crippen LogP contribution in [0.5, 0.6) is 0 Å². The fourth-order valence-electron chi connectivity index (χ4n) is 1.67. The van der Waals surface area contributed by atoms with Gasteiger partial charge in [0.2, 0.25) is 0 Å². The molecule has 0 spiro atoms. The number of nitrogens with zero attached hydrogens (tertiary/aromatic N) is 3. The average molecular weight is 228 g/mol. The van der Waals surface area contributed by atoms with E-state index in [2.05, 4.69) is 9.97 Å². The molecule has 86 valence electrons. The number of hydrogen-bond acceptors (Lipinski definition) is 3.